The Kier molecular flexibility index (Phi) is 5.89. The smallest absolute Gasteiger partial charge is 0.234 e. The lowest BCUT2D eigenvalue weighted by atomic mass is 9.87. The van der Waals surface area contributed by atoms with Gasteiger partial charge in [0, 0.05) is 4.90 Å². The fourth-order valence-electron chi connectivity index (χ4n) is 2.14. The fraction of sp³-hybridized carbons (Fsp3) is 0.316. The second-order valence-corrected chi connectivity index (χ2v) is 7.50. The van der Waals surface area contributed by atoms with E-state index in [2.05, 4.69) is 26.1 Å². The van der Waals surface area contributed by atoms with Crippen LogP contribution >= 0.6 is 11.8 Å². The number of benzene rings is 2. The SMILES string of the molecule is COc1ccc(C(C)(C)C)cc1NC(=O)CSc1ccc(F)cc1. The molecule has 0 radical (unpaired) electrons. The standard InChI is InChI=1S/C19H22FNO2S/c1-19(2,3)13-5-10-17(23-4)16(11-13)21-18(22)12-24-15-8-6-14(20)7-9-15/h5-11H,12H2,1-4H3,(H,21,22). The number of amides is 1. The van der Waals surface area contributed by atoms with Crippen LogP contribution in [0.2, 0.25) is 0 Å². The van der Waals surface area contributed by atoms with E-state index in [1.807, 2.05) is 18.2 Å². The van der Waals surface area contributed by atoms with Crippen molar-refractivity contribution in [1.82, 2.24) is 0 Å². The average molecular weight is 347 g/mol. The van der Waals surface area contributed by atoms with E-state index < -0.39 is 0 Å². The molecule has 0 saturated heterocycles. The Labute approximate surface area is 146 Å². The van der Waals surface area contributed by atoms with Crippen molar-refractivity contribution in [3.05, 3.63) is 53.8 Å². The lowest BCUT2D eigenvalue weighted by Crippen LogP contribution is -2.16. The van der Waals surface area contributed by atoms with Gasteiger partial charge in [0.1, 0.15) is 11.6 Å². The molecule has 0 aliphatic rings. The van der Waals surface area contributed by atoms with Crippen LogP contribution in [0.25, 0.3) is 0 Å². The summed E-state index contributed by atoms with van der Waals surface area (Å²) in [7, 11) is 1.58. The number of halogens is 1. The molecule has 0 aliphatic heterocycles. The molecule has 0 fully saturated rings. The maximum Gasteiger partial charge on any atom is 0.234 e. The number of carbonyl (C=O) groups is 1. The molecule has 0 spiro atoms. The predicted octanol–water partition coefficient (Wildman–Crippen LogP) is 4.86. The Morgan fingerprint density at radius 3 is 2.42 bits per heavy atom. The number of ether oxygens (including phenoxy) is 1. The van der Waals surface area contributed by atoms with Gasteiger partial charge in [0.2, 0.25) is 5.91 Å². The van der Waals surface area contributed by atoms with Crippen LogP contribution in [0.3, 0.4) is 0 Å². The summed E-state index contributed by atoms with van der Waals surface area (Å²) in [5.74, 6) is 0.457. The highest BCUT2D eigenvalue weighted by Crippen LogP contribution is 2.31. The second kappa shape index (κ2) is 7.71. The van der Waals surface area contributed by atoms with Crippen LogP contribution < -0.4 is 10.1 Å². The monoisotopic (exact) mass is 347 g/mol. The molecule has 3 nitrogen and oxygen atoms in total. The molecule has 5 heteroatoms. The first-order valence-corrected chi connectivity index (χ1v) is 8.65. The van der Waals surface area contributed by atoms with Gasteiger partial charge in [-0.25, -0.2) is 4.39 Å². The number of hydrogen-bond acceptors (Lipinski definition) is 3. The average Bonchev–Trinajstić information content (AvgIpc) is 2.53. The number of carbonyl (C=O) groups excluding carboxylic acids is 1. The molecule has 2 aromatic carbocycles. The van der Waals surface area contributed by atoms with Gasteiger partial charge in [0.25, 0.3) is 0 Å². The lowest BCUT2D eigenvalue weighted by Gasteiger charge is -2.21. The molecule has 2 rings (SSSR count). The highest BCUT2D eigenvalue weighted by molar-refractivity contribution is 8.00. The minimum absolute atomic E-state index is 0.0192. The maximum absolute atomic E-state index is 12.9. The van der Waals surface area contributed by atoms with Gasteiger partial charge in [0.05, 0.1) is 18.6 Å². The number of anilines is 1. The highest BCUT2D eigenvalue weighted by Gasteiger charge is 2.17. The second-order valence-electron chi connectivity index (χ2n) is 6.46. The van der Waals surface area contributed by atoms with Crippen LogP contribution in [0, 0.1) is 5.82 Å². The van der Waals surface area contributed by atoms with Gasteiger partial charge in [-0.05, 0) is 47.4 Å². The van der Waals surface area contributed by atoms with Gasteiger partial charge in [0.15, 0.2) is 0 Å². The Bertz CT molecular complexity index is 708. The minimum atomic E-state index is -0.285. The Balaban J connectivity index is 2.05. The summed E-state index contributed by atoms with van der Waals surface area (Å²) in [6.07, 6.45) is 0. The van der Waals surface area contributed by atoms with E-state index in [0.29, 0.717) is 11.4 Å². The Hall–Kier alpha value is -2.01. The summed E-state index contributed by atoms with van der Waals surface area (Å²) in [5.41, 5.74) is 1.76. The zero-order valence-corrected chi connectivity index (χ0v) is 15.2. The van der Waals surface area contributed by atoms with Gasteiger partial charge in [-0.3, -0.25) is 4.79 Å². The predicted molar refractivity (Wildman–Crippen MR) is 97.4 cm³/mol. The van der Waals surface area contributed by atoms with Gasteiger partial charge in [-0.15, -0.1) is 11.8 Å². The van der Waals surface area contributed by atoms with E-state index >= 15 is 0 Å². The van der Waals surface area contributed by atoms with Gasteiger partial charge in [-0.1, -0.05) is 26.8 Å². The van der Waals surface area contributed by atoms with Crippen molar-refractivity contribution in [2.45, 2.75) is 31.1 Å². The van der Waals surface area contributed by atoms with Gasteiger partial charge in [-0.2, -0.15) is 0 Å². The summed E-state index contributed by atoms with van der Waals surface area (Å²) in [5, 5.41) is 2.90. The summed E-state index contributed by atoms with van der Waals surface area (Å²) < 4.78 is 18.2. The molecule has 0 saturated carbocycles. The number of hydrogen-bond donors (Lipinski definition) is 1. The third kappa shape index (κ3) is 4.99. The molecule has 0 aromatic heterocycles. The van der Waals surface area contributed by atoms with E-state index in [4.69, 9.17) is 4.74 Å². The number of rotatable bonds is 5. The first-order valence-electron chi connectivity index (χ1n) is 7.66. The van der Waals surface area contributed by atoms with Gasteiger partial charge >= 0.3 is 0 Å². The van der Waals surface area contributed by atoms with Crippen LogP contribution in [0.4, 0.5) is 10.1 Å². The van der Waals surface area contributed by atoms with Crippen LogP contribution in [-0.4, -0.2) is 18.8 Å². The van der Waals surface area contributed by atoms with E-state index in [-0.39, 0.29) is 22.9 Å². The van der Waals surface area contributed by atoms with Crippen LogP contribution in [0.15, 0.2) is 47.4 Å². The summed E-state index contributed by atoms with van der Waals surface area (Å²) >= 11 is 1.36. The summed E-state index contributed by atoms with van der Waals surface area (Å²) in [6, 6.07) is 11.9. The molecule has 0 atom stereocenters. The van der Waals surface area contributed by atoms with Crippen molar-refractivity contribution >= 4 is 23.4 Å². The fourth-order valence-corrected chi connectivity index (χ4v) is 2.84. The summed E-state index contributed by atoms with van der Waals surface area (Å²) in [4.78, 5) is 13.1. The molecule has 2 aromatic rings. The Morgan fingerprint density at radius 1 is 1.17 bits per heavy atom. The molecular weight excluding hydrogens is 325 g/mol. The Morgan fingerprint density at radius 2 is 1.83 bits per heavy atom. The third-order valence-electron chi connectivity index (χ3n) is 3.52. The third-order valence-corrected chi connectivity index (χ3v) is 4.54. The van der Waals surface area contributed by atoms with E-state index in [0.717, 1.165) is 10.5 Å². The molecule has 0 bridgehead atoms. The number of thioether (sulfide) groups is 1. The van der Waals surface area contributed by atoms with Crippen LogP contribution in [0.1, 0.15) is 26.3 Å². The zero-order valence-electron chi connectivity index (χ0n) is 14.4. The van der Waals surface area contributed by atoms with E-state index in [1.165, 1.54) is 23.9 Å². The quantitative estimate of drug-likeness (QED) is 0.785. The number of nitrogens with one attached hydrogen (secondary N) is 1. The first kappa shape index (κ1) is 18.3. The molecule has 0 aliphatic carbocycles. The van der Waals surface area contributed by atoms with Crippen molar-refractivity contribution in [2.24, 2.45) is 0 Å². The normalized spacial score (nSPS) is 11.2. The van der Waals surface area contributed by atoms with Crippen LogP contribution in [-0.2, 0) is 10.2 Å². The van der Waals surface area contributed by atoms with Crippen molar-refractivity contribution in [3.8, 4) is 5.75 Å². The van der Waals surface area contributed by atoms with Crippen molar-refractivity contribution < 1.29 is 13.9 Å². The van der Waals surface area contributed by atoms with Gasteiger partial charge < -0.3 is 10.1 Å². The maximum atomic E-state index is 12.9. The van der Waals surface area contributed by atoms with Crippen LogP contribution in [0.5, 0.6) is 5.75 Å². The molecule has 0 heterocycles. The topological polar surface area (TPSA) is 38.3 Å². The van der Waals surface area contributed by atoms with E-state index in [1.54, 1.807) is 19.2 Å². The largest absolute Gasteiger partial charge is 0.495 e. The van der Waals surface area contributed by atoms with E-state index in [9.17, 15) is 9.18 Å². The first-order chi connectivity index (χ1) is 11.3. The molecule has 1 N–H and O–H groups in total. The van der Waals surface area contributed by atoms with Crippen molar-refractivity contribution in [2.75, 3.05) is 18.2 Å². The summed E-state index contributed by atoms with van der Waals surface area (Å²) in [6.45, 7) is 6.35. The number of methoxy groups -OCH3 is 1. The van der Waals surface area contributed by atoms with Crippen molar-refractivity contribution in [3.63, 3.8) is 0 Å². The molecule has 24 heavy (non-hydrogen) atoms. The molecule has 0 unspecified atom stereocenters. The molecule has 1 amide bonds. The molecular formula is C19H22FNO2S. The van der Waals surface area contributed by atoms with Crippen molar-refractivity contribution in [1.29, 1.82) is 0 Å². The zero-order chi connectivity index (χ0) is 17.7. The highest BCUT2D eigenvalue weighted by atomic mass is 32.2. The lowest BCUT2D eigenvalue weighted by molar-refractivity contribution is -0.113. The minimum Gasteiger partial charge on any atom is -0.495 e. The molecule has 128 valence electrons.